The minimum atomic E-state index is -1.01. The number of carboxylic acids is 1. The van der Waals surface area contributed by atoms with E-state index in [1.54, 1.807) is 62.1 Å². The molecular formula is C46H75N9O10S3. The van der Waals surface area contributed by atoms with Crippen molar-refractivity contribution in [1.82, 2.24) is 45.6 Å². The summed E-state index contributed by atoms with van der Waals surface area (Å²) in [6, 6.07) is -3.68. The molecule has 0 spiro atoms. The van der Waals surface area contributed by atoms with Crippen LogP contribution in [0, 0.1) is 17.8 Å². The average molecular weight is 1010 g/mol. The maximum Gasteiger partial charge on any atom is 0.329 e. The molecule has 6 amide bonds. The van der Waals surface area contributed by atoms with Gasteiger partial charge in [-0.2, -0.15) is 0 Å². The molecule has 6 atom stereocenters. The van der Waals surface area contributed by atoms with Gasteiger partial charge in [0.1, 0.15) is 24.4 Å². The highest BCUT2D eigenvalue weighted by atomic mass is 32.1. The third-order valence-corrected chi connectivity index (χ3v) is 14.2. The number of amides is 6. The number of methoxy groups -OCH3 is 2. The quantitative estimate of drug-likeness (QED) is 0.0592. The van der Waals surface area contributed by atoms with Crippen LogP contribution in [0.1, 0.15) is 139 Å². The predicted molar refractivity (Wildman–Crippen MR) is 266 cm³/mol. The average Bonchev–Trinajstić information content (AvgIpc) is 4.10. The van der Waals surface area contributed by atoms with Gasteiger partial charge in [0.2, 0.25) is 0 Å². The highest BCUT2D eigenvalue weighted by Crippen LogP contribution is 2.22. The molecule has 3 rings (SSSR count). The summed E-state index contributed by atoms with van der Waals surface area (Å²) in [7, 11) is 7.47. The second kappa shape index (κ2) is 30.3. The van der Waals surface area contributed by atoms with Crippen molar-refractivity contribution >= 4 is 76.3 Å². The normalized spacial score (nSPS) is 13.5. The molecule has 19 nitrogen and oxygen atoms in total. The van der Waals surface area contributed by atoms with E-state index in [9.17, 15) is 38.7 Å². The van der Waals surface area contributed by atoms with Gasteiger partial charge in [-0.25, -0.2) is 43.7 Å². The topological polar surface area (TPSA) is 243 Å². The Balaban J connectivity index is 0.000000510. The van der Waals surface area contributed by atoms with Gasteiger partial charge in [-0.15, -0.1) is 34.0 Å². The Bertz CT molecular complexity index is 2060. The van der Waals surface area contributed by atoms with Gasteiger partial charge in [-0.3, -0.25) is 0 Å². The van der Waals surface area contributed by atoms with Crippen LogP contribution in [0.5, 0.6) is 0 Å². The van der Waals surface area contributed by atoms with Gasteiger partial charge < -0.3 is 50.0 Å². The summed E-state index contributed by atoms with van der Waals surface area (Å²) >= 11 is 4.73. The summed E-state index contributed by atoms with van der Waals surface area (Å²) in [5, 5.41) is 26.0. The van der Waals surface area contributed by atoms with Gasteiger partial charge >= 0.3 is 36.0 Å². The van der Waals surface area contributed by atoms with Crippen LogP contribution in [-0.2, 0) is 48.3 Å². The van der Waals surface area contributed by atoms with Gasteiger partial charge in [-0.1, -0.05) is 89.0 Å². The van der Waals surface area contributed by atoms with Crippen molar-refractivity contribution in [2.75, 3.05) is 35.4 Å². The molecule has 0 bridgehead atoms. The molecule has 0 aliphatic carbocycles. The van der Waals surface area contributed by atoms with E-state index in [4.69, 9.17) is 4.74 Å². The van der Waals surface area contributed by atoms with E-state index >= 15 is 0 Å². The van der Waals surface area contributed by atoms with Crippen molar-refractivity contribution in [1.29, 1.82) is 0 Å². The van der Waals surface area contributed by atoms with Crippen LogP contribution in [0.15, 0.2) is 16.1 Å². The molecule has 3 heterocycles. The van der Waals surface area contributed by atoms with E-state index in [0.717, 1.165) is 38.5 Å². The Morgan fingerprint density at radius 2 is 0.868 bits per heavy atom. The zero-order valence-corrected chi connectivity index (χ0v) is 45.0. The fourth-order valence-corrected chi connectivity index (χ4v) is 8.22. The lowest BCUT2D eigenvalue weighted by atomic mass is 9.99. The lowest BCUT2D eigenvalue weighted by Gasteiger charge is -2.25. The number of urea groups is 3. The molecule has 0 aliphatic heterocycles. The van der Waals surface area contributed by atoms with Gasteiger partial charge in [0.15, 0.2) is 0 Å². The van der Waals surface area contributed by atoms with Crippen LogP contribution in [0.2, 0.25) is 0 Å². The van der Waals surface area contributed by atoms with Crippen LogP contribution in [0.25, 0.3) is 0 Å². The van der Waals surface area contributed by atoms with Crippen molar-refractivity contribution in [3.63, 3.8) is 0 Å². The van der Waals surface area contributed by atoms with E-state index in [1.165, 1.54) is 28.9 Å². The summed E-state index contributed by atoms with van der Waals surface area (Å²) in [4.78, 5) is 100. The Morgan fingerprint density at radius 1 is 0.574 bits per heavy atom. The predicted octanol–water partition coefficient (Wildman–Crippen LogP) is 7.69. The Labute approximate surface area is 414 Å². The van der Waals surface area contributed by atoms with Gasteiger partial charge in [0, 0.05) is 61.0 Å². The fourth-order valence-electron chi connectivity index (χ4n) is 5.75. The number of rotatable bonds is 21. The maximum absolute atomic E-state index is 12.3. The number of carboxylic acid groups (broad SMARTS) is 1. The maximum atomic E-state index is 12.3. The molecule has 68 heavy (non-hydrogen) atoms. The highest BCUT2D eigenvalue weighted by Gasteiger charge is 2.30. The highest BCUT2D eigenvalue weighted by molar-refractivity contribution is 7.10. The number of nitrogens with one attached hydrogen (secondary N) is 3. The summed E-state index contributed by atoms with van der Waals surface area (Å²) in [5.74, 6) is -1.79. The molecule has 4 N–H and O–H groups in total. The van der Waals surface area contributed by atoms with Crippen molar-refractivity contribution in [3.8, 4) is 0 Å². The van der Waals surface area contributed by atoms with Crippen LogP contribution in [0.3, 0.4) is 0 Å². The van der Waals surface area contributed by atoms with Crippen molar-refractivity contribution in [3.05, 3.63) is 48.2 Å². The van der Waals surface area contributed by atoms with Crippen molar-refractivity contribution < 1.29 is 48.1 Å². The molecule has 3 unspecified atom stereocenters. The largest absolute Gasteiger partial charge is 0.480 e. The fraction of sp³-hybridized carbons (Fsp3) is 0.652. The van der Waals surface area contributed by atoms with Gasteiger partial charge in [0.25, 0.3) is 0 Å². The molecule has 0 fully saturated rings. The van der Waals surface area contributed by atoms with Crippen molar-refractivity contribution in [2.24, 2.45) is 17.8 Å². The Morgan fingerprint density at radius 3 is 1.13 bits per heavy atom. The van der Waals surface area contributed by atoms with E-state index in [0.29, 0.717) is 50.1 Å². The molecule has 0 saturated heterocycles. The second-order valence-electron chi connectivity index (χ2n) is 17.5. The van der Waals surface area contributed by atoms with E-state index in [-0.39, 0.29) is 17.9 Å². The number of aromatic nitrogens is 3. The SMILES string of the molecule is CCC(C)[C@H](NC(=O)N(C)Cc1csc(C(C)C)n1)C(=O)O.CCC(C)[C@H](NC(=O)N(C)Cc1csc(C(C)C)n1)C(=O)OC.COC(=O)[C@@H](NC(=O)N(C)Cc1csc(C(C)C)n1)C(C)C=O. The number of aliphatic carboxylic acids is 1. The molecule has 3 aromatic rings. The van der Waals surface area contributed by atoms with E-state index in [2.05, 4.69) is 77.2 Å². The summed E-state index contributed by atoms with van der Waals surface area (Å²) < 4.78 is 9.40. The van der Waals surface area contributed by atoms with Crippen LogP contribution < -0.4 is 16.0 Å². The third kappa shape index (κ3) is 20.2. The zero-order chi connectivity index (χ0) is 52.0. The molecule has 382 valence electrons. The van der Waals surface area contributed by atoms with Crippen LogP contribution in [0.4, 0.5) is 14.4 Å². The van der Waals surface area contributed by atoms with Crippen LogP contribution >= 0.6 is 34.0 Å². The van der Waals surface area contributed by atoms with E-state index in [1.807, 2.05) is 43.8 Å². The number of hydrogen-bond acceptors (Lipinski definition) is 15. The lowest BCUT2D eigenvalue weighted by Crippen LogP contribution is -2.50. The lowest BCUT2D eigenvalue weighted by molar-refractivity contribution is -0.145. The minimum Gasteiger partial charge on any atom is -0.480 e. The zero-order valence-electron chi connectivity index (χ0n) is 42.6. The first-order valence-corrected chi connectivity index (χ1v) is 25.2. The van der Waals surface area contributed by atoms with Crippen molar-refractivity contribution in [2.45, 2.75) is 145 Å². The molecule has 0 saturated carbocycles. The molecule has 22 heteroatoms. The number of ether oxygens (including phenoxy) is 2. The second-order valence-corrected chi connectivity index (χ2v) is 20.2. The van der Waals surface area contributed by atoms with Gasteiger partial charge in [-0.05, 0) is 11.8 Å². The number of thiazole rings is 3. The first kappa shape index (κ1) is 60.8. The molecule has 0 aromatic carbocycles. The first-order chi connectivity index (χ1) is 31.8. The minimum absolute atomic E-state index is 0.00613. The molecule has 0 aliphatic rings. The summed E-state index contributed by atoms with van der Waals surface area (Å²) in [6.45, 7) is 22.7. The van der Waals surface area contributed by atoms with Crippen LogP contribution in [-0.4, -0.2) is 131 Å². The Hall–Kier alpha value is -5.22. The first-order valence-electron chi connectivity index (χ1n) is 22.6. The molecular weight excluding hydrogens is 935 g/mol. The van der Waals surface area contributed by atoms with Gasteiger partial charge in [0.05, 0.1) is 66.0 Å². The van der Waals surface area contributed by atoms with E-state index < -0.39 is 54.0 Å². The smallest absolute Gasteiger partial charge is 0.329 e. The standard InChI is InChI=1S/C16H27N3O3S.C15H23N3O4S.C15H25N3O3S/c1-7-11(4)13(15(20)22-6)18-16(21)19(5)8-12-9-23-14(17-12)10(2)3;1-9(2)13-16-11(8-23-13)6-18(4)15(21)17-12(10(3)7-19)14(20)22-5;1-6-10(4)12(14(19)20)17-15(21)18(5)7-11-8-22-13(16-11)9(2)3/h9-11,13H,7-8H2,1-6H3,(H,18,21);7-10,12H,6H2,1-5H3,(H,17,21);8-10,12H,6-7H2,1-5H3,(H,17,21)(H,19,20)/t11?,13-;2*10?,12-/m000/s1. The molecule has 0 radical (unpaired) electrons. The third-order valence-electron chi connectivity index (χ3n) is 10.6. The monoisotopic (exact) mass is 1010 g/mol. The Kier molecular flexibility index (Phi) is 27.1. The summed E-state index contributed by atoms with van der Waals surface area (Å²) in [5.41, 5.74) is 2.46. The summed E-state index contributed by atoms with van der Waals surface area (Å²) in [6.07, 6.45) is 2.07. The number of hydrogen-bond donors (Lipinski definition) is 4. The number of aldehydes is 1. The number of nitrogens with zero attached hydrogens (tertiary/aromatic N) is 6. The number of esters is 2. The number of carbonyl (C=O) groups excluding carboxylic acids is 6. The number of carbonyl (C=O) groups is 7. The molecule has 3 aromatic heterocycles.